The van der Waals surface area contributed by atoms with Crippen LogP contribution in [0.3, 0.4) is 0 Å². The van der Waals surface area contributed by atoms with Gasteiger partial charge >= 0.3 is 5.97 Å². The van der Waals surface area contributed by atoms with Crippen molar-refractivity contribution in [1.29, 1.82) is 0 Å². The van der Waals surface area contributed by atoms with Crippen molar-refractivity contribution in [2.45, 2.75) is 18.9 Å². The van der Waals surface area contributed by atoms with E-state index in [0.29, 0.717) is 6.42 Å². The third-order valence-electron chi connectivity index (χ3n) is 4.14. The van der Waals surface area contributed by atoms with Gasteiger partial charge in [-0.3, -0.25) is 9.59 Å². The van der Waals surface area contributed by atoms with E-state index in [1.165, 1.54) is 26.3 Å². The number of methoxy groups -OCH3 is 1. The molecule has 1 fully saturated rings. The van der Waals surface area contributed by atoms with Crippen molar-refractivity contribution in [3.63, 3.8) is 0 Å². The number of nitrogens with zero attached hydrogens (tertiary/aromatic N) is 1. The Hall–Kier alpha value is -2.64. The zero-order valence-corrected chi connectivity index (χ0v) is 13.4. The van der Waals surface area contributed by atoms with Crippen LogP contribution < -0.4 is 10.1 Å². The fraction of sp³-hybridized carbons (Fsp3) is 0.438. The van der Waals surface area contributed by atoms with Gasteiger partial charge in [-0.05, 0) is 31.0 Å². The van der Waals surface area contributed by atoms with E-state index in [1.807, 2.05) is 0 Å². The second kappa shape index (κ2) is 7.29. The third-order valence-corrected chi connectivity index (χ3v) is 4.14. The number of carbonyl (C=O) groups excluding carboxylic acids is 2. The Labute approximate surface area is 138 Å². The van der Waals surface area contributed by atoms with Gasteiger partial charge in [-0.2, -0.15) is 0 Å². The Morgan fingerprint density at radius 3 is 2.62 bits per heavy atom. The first kappa shape index (κ1) is 17.7. The van der Waals surface area contributed by atoms with Crippen LogP contribution in [0.4, 0.5) is 4.39 Å². The normalized spacial score (nSPS) is 20.4. The molecular formula is C16H19FN2O5. The van der Waals surface area contributed by atoms with Crippen LogP contribution in [-0.4, -0.2) is 54.5 Å². The highest BCUT2D eigenvalue weighted by atomic mass is 19.1. The summed E-state index contributed by atoms with van der Waals surface area (Å²) >= 11 is 0. The molecule has 0 saturated carbocycles. The molecule has 7 nitrogen and oxygen atoms in total. The summed E-state index contributed by atoms with van der Waals surface area (Å²) in [7, 11) is 2.76. The van der Waals surface area contributed by atoms with Gasteiger partial charge in [0.05, 0.1) is 13.0 Å². The number of benzene rings is 1. The standard InChI is InChI=1S/C16H19FN2O5/c1-18-14(20)10-4-6-12(16(22)23)19(8-10)15(21)9-3-5-11(17)13(7-9)24-2/h3,5,7,10,12H,4,6,8H2,1-2H3,(H,18,20)(H,22,23)/t10-,12-/m0/s1. The molecule has 1 aliphatic rings. The Morgan fingerprint density at radius 2 is 2.04 bits per heavy atom. The molecule has 8 heteroatoms. The summed E-state index contributed by atoms with van der Waals surface area (Å²) in [5.41, 5.74) is 0.108. The first-order valence-electron chi connectivity index (χ1n) is 7.48. The topological polar surface area (TPSA) is 95.9 Å². The summed E-state index contributed by atoms with van der Waals surface area (Å²) in [4.78, 5) is 37.1. The molecule has 2 rings (SSSR count). The molecule has 1 aromatic rings. The molecule has 130 valence electrons. The third kappa shape index (κ3) is 3.47. The fourth-order valence-electron chi connectivity index (χ4n) is 2.83. The number of aliphatic carboxylic acids is 1. The van der Waals surface area contributed by atoms with Gasteiger partial charge in [-0.15, -0.1) is 0 Å². The molecule has 1 aromatic carbocycles. The minimum atomic E-state index is -1.13. The average molecular weight is 338 g/mol. The van der Waals surface area contributed by atoms with Crippen LogP contribution in [0, 0.1) is 11.7 Å². The maximum atomic E-state index is 13.5. The number of rotatable bonds is 4. The summed E-state index contributed by atoms with van der Waals surface area (Å²) in [6.07, 6.45) is 0.560. The van der Waals surface area contributed by atoms with Crippen molar-refractivity contribution < 1.29 is 28.6 Å². The van der Waals surface area contributed by atoms with Crippen molar-refractivity contribution in [2.24, 2.45) is 5.92 Å². The van der Waals surface area contributed by atoms with E-state index in [9.17, 15) is 23.9 Å². The predicted molar refractivity (Wildman–Crippen MR) is 82.2 cm³/mol. The lowest BCUT2D eigenvalue weighted by atomic mass is 9.91. The van der Waals surface area contributed by atoms with Gasteiger partial charge in [0, 0.05) is 19.2 Å². The number of piperidine rings is 1. The van der Waals surface area contributed by atoms with Gasteiger partial charge in [0.25, 0.3) is 5.91 Å². The van der Waals surface area contributed by atoms with Crippen molar-refractivity contribution in [2.75, 3.05) is 20.7 Å². The molecule has 0 aromatic heterocycles. The lowest BCUT2D eigenvalue weighted by Gasteiger charge is -2.36. The van der Waals surface area contributed by atoms with Crippen LogP contribution in [0.25, 0.3) is 0 Å². The quantitative estimate of drug-likeness (QED) is 0.850. The SMILES string of the molecule is CNC(=O)[C@H]1CC[C@@H](C(=O)O)N(C(=O)c2ccc(F)c(OC)c2)C1. The van der Waals surface area contributed by atoms with E-state index < -0.39 is 29.7 Å². The van der Waals surface area contributed by atoms with Crippen molar-refractivity contribution in [3.8, 4) is 5.75 Å². The monoisotopic (exact) mass is 338 g/mol. The fourth-order valence-corrected chi connectivity index (χ4v) is 2.83. The molecule has 2 N–H and O–H groups in total. The van der Waals surface area contributed by atoms with Crippen molar-refractivity contribution in [3.05, 3.63) is 29.6 Å². The number of ether oxygens (including phenoxy) is 1. The first-order chi connectivity index (χ1) is 11.4. The molecule has 2 atom stereocenters. The van der Waals surface area contributed by atoms with Gasteiger partial charge in [0.15, 0.2) is 11.6 Å². The molecule has 0 bridgehead atoms. The summed E-state index contributed by atoms with van der Waals surface area (Å²) in [6, 6.07) is 2.56. The van der Waals surface area contributed by atoms with Crippen LogP contribution >= 0.6 is 0 Å². The number of carbonyl (C=O) groups is 3. The molecular weight excluding hydrogens is 319 g/mol. The van der Waals surface area contributed by atoms with Crippen LogP contribution in [0.15, 0.2) is 18.2 Å². The summed E-state index contributed by atoms with van der Waals surface area (Å²) < 4.78 is 18.3. The molecule has 1 saturated heterocycles. The van der Waals surface area contributed by atoms with Gasteiger partial charge < -0.3 is 20.1 Å². The van der Waals surface area contributed by atoms with Gasteiger partial charge in [-0.1, -0.05) is 0 Å². The minimum Gasteiger partial charge on any atom is -0.494 e. The summed E-state index contributed by atoms with van der Waals surface area (Å²) in [6.45, 7) is -0.00480. The Bertz CT molecular complexity index is 664. The zero-order chi connectivity index (χ0) is 17.9. The van der Waals surface area contributed by atoms with E-state index in [2.05, 4.69) is 5.32 Å². The smallest absolute Gasteiger partial charge is 0.326 e. The number of hydrogen-bond donors (Lipinski definition) is 2. The maximum absolute atomic E-state index is 13.5. The van der Waals surface area contributed by atoms with Gasteiger partial charge in [-0.25, -0.2) is 9.18 Å². The number of carboxylic acid groups (broad SMARTS) is 1. The van der Waals surface area contributed by atoms with Crippen molar-refractivity contribution >= 4 is 17.8 Å². The minimum absolute atomic E-state index is 0.00480. The second-order valence-corrected chi connectivity index (χ2v) is 5.55. The predicted octanol–water partition coefficient (Wildman–Crippen LogP) is 0.886. The summed E-state index contributed by atoms with van der Waals surface area (Å²) in [5, 5.41) is 11.9. The number of halogens is 1. The highest BCUT2D eigenvalue weighted by molar-refractivity contribution is 5.97. The lowest BCUT2D eigenvalue weighted by Crippen LogP contribution is -2.53. The number of amides is 2. The summed E-state index contributed by atoms with van der Waals surface area (Å²) in [5.74, 6) is -3.15. The van der Waals surface area contributed by atoms with E-state index in [4.69, 9.17) is 4.74 Å². The van der Waals surface area contributed by atoms with Crippen LogP contribution in [0.1, 0.15) is 23.2 Å². The van der Waals surface area contributed by atoms with Crippen LogP contribution in [0.2, 0.25) is 0 Å². The molecule has 24 heavy (non-hydrogen) atoms. The molecule has 0 aliphatic carbocycles. The molecule has 0 spiro atoms. The highest BCUT2D eigenvalue weighted by Crippen LogP contribution is 2.26. The largest absolute Gasteiger partial charge is 0.494 e. The highest BCUT2D eigenvalue weighted by Gasteiger charge is 2.38. The van der Waals surface area contributed by atoms with Crippen molar-refractivity contribution in [1.82, 2.24) is 10.2 Å². The maximum Gasteiger partial charge on any atom is 0.326 e. The van der Waals surface area contributed by atoms with E-state index in [1.54, 1.807) is 0 Å². The molecule has 1 heterocycles. The van der Waals surface area contributed by atoms with Gasteiger partial charge in [0.2, 0.25) is 5.91 Å². The van der Waals surface area contributed by atoms with E-state index in [0.717, 1.165) is 11.0 Å². The van der Waals surface area contributed by atoms with E-state index in [-0.39, 0.29) is 30.2 Å². The van der Waals surface area contributed by atoms with Gasteiger partial charge in [0.1, 0.15) is 6.04 Å². The molecule has 0 radical (unpaired) electrons. The molecule has 2 amide bonds. The molecule has 0 unspecified atom stereocenters. The Kier molecular flexibility index (Phi) is 5.38. The lowest BCUT2D eigenvalue weighted by molar-refractivity contribution is -0.145. The number of hydrogen-bond acceptors (Lipinski definition) is 4. The first-order valence-corrected chi connectivity index (χ1v) is 7.48. The molecule has 1 aliphatic heterocycles. The Morgan fingerprint density at radius 1 is 1.33 bits per heavy atom. The Balaban J connectivity index is 2.31. The number of carboxylic acids is 1. The van der Waals surface area contributed by atoms with Crippen LogP contribution in [-0.2, 0) is 9.59 Å². The van der Waals surface area contributed by atoms with Crippen LogP contribution in [0.5, 0.6) is 5.75 Å². The average Bonchev–Trinajstić information content (AvgIpc) is 2.60. The number of nitrogens with one attached hydrogen (secondary N) is 1. The zero-order valence-electron chi connectivity index (χ0n) is 13.4. The second-order valence-electron chi connectivity index (χ2n) is 5.55. The van der Waals surface area contributed by atoms with E-state index >= 15 is 0 Å². The number of likely N-dealkylation sites (tertiary alicyclic amines) is 1.